The van der Waals surface area contributed by atoms with Crippen LogP contribution in [0.4, 0.5) is 14.6 Å². The summed E-state index contributed by atoms with van der Waals surface area (Å²) in [4.78, 5) is 5.59. The highest BCUT2D eigenvalue weighted by Crippen LogP contribution is 2.20. The van der Waals surface area contributed by atoms with Crippen molar-refractivity contribution in [3.63, 3.8) is 0 Å². The van der Waals surface area contributed by atoms with Crippen LogP contribution in [0.2, 0.25) is 0 Å². The van der Waals surface area contributed by atoms with Gasteiger partial charge in [-0.2, -0.15) is 0 Å². The highest BCUT2D eigenvalue weighted by atomic mass is 79.9. The molecule has 0 spiro atoms. The molecule has 0 amide bonds. The summed E-state index contributed by atoms with van der Waals surface area (Å²) in [5.74, 6) is 0.534. The van der Waals surface area contributed by atoms with Crippen molar-refractivity contribution in [1.29, 1.82) is 0 Å². The Hall–Kier alpha value is -0.750. The average Bonchev–Trinajstić information content (AvgIpc) is 2.21. The Kier molecular flexibility index (Phi) is 5.08. The van der Waals surface area contributed by atoms with Gasteiger partial charge in [0.2, 0.25) is 0 Å². The molecule has 0 bridgehead atoms. The Morgan fingerprint density at radius 2 is 2.25 bits per heavy atom. The molecular formula is C10H14BrF2N3. The van der Waals surface area contributed by atoms with E-state index in [0.29, 0.717) is 18.9 Å². The van der Waals surface area contributed by atoms with Gasteiger partial charge in [0, 0.05) is 23.8 Å². The molecule has 90 valence electrons. The Morgan fingerprint density at radius 1 is 1.56 bits per heavy atom. The Balaban J connectivity index is 2.87. The van der Waals surface area contributed by atoms with Gasteiger partial charge in [-0.05, 0) is 34.5 Å². The van der Waals surface area contributed by atoms with Crippen molar-refractivity contribution >= 4 is 21.7 Å². The highest BCUT2D eigenvalue weighted by Gasteiger charge is 2.13. The first kappa shape index (κ1) is 13.3. The van der Waals surface area contributed by atoms with Crippen molar-refractivity contribution < 1.29 is 8.78 Å². The predicted octanol–water partition coefficient (Wildman–Crippen LogP) is 2.18. The molecule has 0 aromatic carbocycles. The average molecular weight is 294 g/mol. The van der Waals surface area contributed by atoms with E-state index < -0.39 is 6.43 Å². The largest absolute Gasteiger partial charge is 0.350 e. The molecular weight excluding hydrogens is 280 g/mol. The van der Waals surface area contributed by atoms with Gasteiger partial charge in [-0.1, -0.05) is 0 Å². The van der Waals surface area contributed by atoms with E-state index in [1.807, 2.05) is 6.92 Å². The van der Waals surface area contributed by atoms with E-state index in [1.165, 1.54) is 4.90 Å². The zero-order valence-corrected chi connectivity index (χ0v) is 10.5. The van der Waals surface area contributed by atoms with Gasteiger partial charge < -0.3 is 10.6 Å². The monoisotopic (exact) mass is 293 g/mol. The van der Waals surface area contributed by atoms with Gasteiger partial charge >= 0.3 is 0 Å². The molecule has 0 saturated heterocycles. The molecule has 1 heterocycles. The molecule has 0 aliphatic rings. The van der Waals surface area contributed by atoms with Crippen LogP contribution in [0.25, 0.3) is 0 Å². The molecule has 3 nitrogen and oxygen atoms in total. The molecule has 0 radical (unpaired) electrons. The van der Waals surface area contributed by atoms with Crippen LogP contribution in [-0.4, -0.2) is 31.0 Å². The second-order valence-corrected chi connectivity index (χ2v) is 4.27. The van der Waals surface area contributed by atoms with Crippen molar-refractivity contribution in [1.82, 2.24) is 4.98 Å². The number of aryl methyl sites for hydroxylation is 1. The number of hydrogen-bond acceptors (Lipinski definition) is 3. The maximum atomic E-state index is 12.4. The lowest BCUT2D eigenvalue weighted by molar-refractivity contribution is 0.155. The second kappa shape index (κ2) is 6.10. The van der Waals surface area contributed by atoms with E-state index in [2.05, 4.69) is 20.9 Å². The molecule has 6 heteroatoms. The lowest BCUT2D eigenvalue weighted by Gasteiger charge is -2.22. The van der Waals surface area contributed by atoms with Gasteiger partial charge in [0.1, 0.15) is 5.82 Å². The van der Waals surface area contributed by atoms with Gasteiger partial charge in [-0.25, -0.2) is 13.8 Å². The van der Waals surface area contributed by atoms with E-state index in [4.69, 9.17) is 5.73 Å². The van der Waals surface area contributed by atoms with Crippen LogP contribution in [0.15, 0.2) is 16.7 Å². The number of hydrogen-bond donors (Lipinski definition) is 1. The highest BCUT2D eigenvalue weighted by molar-refractivity contribution is 9.10. The lowest BCUT2D eigenvalue weighted by Crippen LogP contribution is -2.34. The third kappa shape index (κ3) is 3.68. The number of nitrogens with two attached hydrogens (primary N) is 1. The molecule has 0 saturated carbocycles. The molecule has 0 aliphatic carbocycles. The second-order valence-electron chi connectivity index (χ2n) is 3.42. The normalized spacial score (nSPS) is 10.9. The molecule has 16 heavy (non-hydrogen) atoms. The zero-order valence-electron chi connectivity index (χ0n) is 8.96. The van der Waals surface area contributed by atoms with Crippen molar-refractivity contribution in [2.75, 3.05) is 24.5 Å². The van der Waals surface area contributed by atoms with Crippen LogP contribution in [0, 0.1) is 6.92 Å². The standard InChI is InChI=1S/C10H14BrF2N3/c1-7-4-10(15-5-8(7)11)16(3-2-14)6-9(12)13/h4-5,9H,2-3,6,14H2,1H3. The molecule has 0 unspecified atom stereocenters. The number of halogens is 3. The summed E-state index contributed by atoms with van der Waals surface area (Å²) in [7, 11) is 0. The van der Waals surface area contributed by atoms with E-state index in [-0.39, 0.29) is 6.54 Å². The summed E-state index contributed by atoms with van der Waals surface area (Å²) in [6.07, 6.45) is -0.781. The fourth-order valence-electron chi connectivity index (χ4n) is 1.32. The van der Waals surface area contributed by atoms with Gasteiger partial charge in [-0.3, -0.25) is 0 Å². The van der Waals surface area contributed by atoms with E-state index in [0.717, 1.165) is 10.0 Å². The maximum Gasteiger partial charge on any atom is 0.255 e. The maximum absolute atomic E-state index is 12.4. The van der Waals surface area contributed by atoms with Crippen molar-refractivity contribution in [2.45, 2.75) is 13.3 Å². The van der Waals surface area contributed by atoms with E-state index in [1.54, 1.807) is 12.3 Å². The fourth-order valence-corrected chi connectivity index (χ4v) is 1.54. The molecule has 0 aliphatic heterocycles. The van der Waals surface area contributed by atoms with Crippen LogP contribution in [0.3, 0.4) is 0 Å². The number of aromatic nitrogens is 1. The first-order chi connectivity index (χ1) is 7.54. The van der Waals surface area contributed by atoms with Crippen molar-refractivity contribution in [2.24, 2.45) is 5.73 Å². The van der Waals surface area contributed by atoms with Gasteiger partial charge in [-0.15, -0.1) is 0 Å². The SMILES string of the molecule is Cc1cc(N(CCN)CC(F)F)ncc1Br. The molecule has 2 N–H and O–H groups in total. The van der Waals surface area contributed by atoms with Crippen molar-refractivity contribution in [3.05, 3.63) is 22.3 Å². The number of pyridine rings is 1. The van der Waals surface area contributed by atoms with Crippen LogP contribution in [-0.2, 0) is 0 Å². The Morgan fingerprint density at radius 3 is 2.75 bits per heavy atom. The summed E-state index contributed by atoms with van der Waals surface area (Å²) in [5, 5.41) is 0. The smallest absolute Gasteiger partial charge is 0.255 e. The van der Waals surface area contributed by atoms with Gasteiger partial charge in [0.15, 0.2) is 0 Å². The third-order valence-electron chi connectivity index (χ3n) is 2.11. The summed E-state index contributed by atoms with van der Waals surface area (Å²) in [6.45, 7) is 2.24. The summed E-state index contributed by atoms with van der Waals surface area (Å²) in [5.41, 5.74) is 6.35. The predicted molar refractivity (Wildman–Crippen MR) is 63.9 cm³/mol. The number of anilines is 1. The zero-order chi connectivity index (χ0) is 12.1. The minimum atomic E-state index is -2.39. The van der Waals surface area contributed by atoms with Crippen molar-refractivity contribution in [3.8, 4) is 0 Å². The van der Waals surface area contributed by atoms with Crippen LogP contribution in [0.5, 0.6) is 0 Å². The number of rotatable bonds is 5. The molecule has 0 fully saturated rings. The topological polar surface area (TPSA) is 42.1 Å². The molecule has 1 aromatic heterocycles. The molecule has 0 atom stereocenters. The minimum Gasteiger partial charge on any atom is -0.350 e. The fraction of sp³-hybridized carbons (Fsp3) is 0.500. The van der Waals surface area contributed by atoms with E-state index in [9.17, 15) is 8.78 Å². The quantitative estimate of drug-likeness (QED) is 0.905. The first-order valence-electron chi connectivity index (χ1n) is 4.90. The lowest BCUT2D eigenvalue weighted by atomic mass is 10.3. The summed E-state index contributed by atoms with van der Waals surface area (Å²) in [6, 6.07) is 1.77. The molecule has 1 aromatic rings. The first-order valence-corrected chi connectivity index (χ1v) is 5.69. The van der Waals surface area contributed by atoms with Crippen LogP contribution in [0.1, 0.15) is 5.56 Å². The number of alkyl halides is 2. The van der Waals surface area contributed by atoms with E-state index >= 15 is 0 Å². The molecule has 1 rings (SSSR count). The van der Waals surface area contributed by atoms with Gasteiger partial charge in [0.25, 0.3) is 6.43 Å². The third-order valence-corrected chi connectivity index (χ3v) is 2.94. The summed E-state index contributed by atoms with van der Waals surface area (Å²) >= 11 is 3.31. The minimum absolute atomic E-state index is 0.323. The number of nitrogens with zero attached hydrogens (tertiary/aromatic N) is 2. The van der Waals surface area contributed by atoms with Crippen LogP contribution >= 0.6 is 15.9 Å². The van der Waals surface area contributed by atoms with Crippen LogP contribution < -0.4 is 10.6 Å². The Bertz CT molecular complexity index is 347. The summed E-state index contributed by atoms with van der Waals surface area (Å²) < 4.78 is 25.6. The Labute approximate surface area is 102 Å². The van der Waals surface area contributed by atoms with Gasteiger partial charge in [0.05, 0.1) is 6.54 Å².